The summed E-state index contributed by atoms with van der Waals surface area (Å²) in [5, 5.41) is 13.7. The van der Waals surface area contributed by atoms with Crippen LogP contribution < -0.4 is 9.70 Å². The lowest BCUT2D eigenvalue weighted by Gasteiger charge is -2.25. The second kappa shape index (κ2) is 13.8. The third kappa shape index (κ3) is 8.69. The molecule has 2 rings (SSSR count). The van der Waals surface area contributed by atoms with E-state index in [9.17, 15) is 0 Å². The SMILES string of the molecule is Br.CCCCCCCCCCCCn1nc(N2CCOCC2)sc1=N. The molecule has 1 saturated heterocycles. The van der Waals surface area contributed by atoms with Crippen molar-refractivity contribution in [3.05, 3.63) is 4.80 Å². The van der Waals surface area contributed by atoms with E-state index in [1.807, 2.05) is 4.68 Å². The van der Waals surface area contributed by atoms with Gasteiger partial charge in [-0.05, 0) is 6.42 Å². The van der Waals surface area contributed by atoms with Crippen LogP contribution in [0.3, 0.4) is 0 Å². The molecule has 0 saturated carbocycles. The molecule has 0 aromatic carbocycles. The molecule has 25 heavy (non-hydrogen) atoms. The Hall–Kier alpha value is -0.400. The average molecular weight is 435 g/mol. The molecule has 7 heteroatoms. The van der Waals surface area contributed by atoms with Gasteiger partial charge in [-0.25, -0.2) is 4.68 Å². The number of hydrogen-bond donors (Lipinski definition) is 1. The van der Waals surface area contributed by atoms with Gasteiger partial charge >= 0.3 is 0 Å². The third-order valence-electron chi connectivity index (χ3n) is 4.63. The van der Waals surface area contributed by atoms with Gasteiger partial charge in [0.2, 0.25) is 9.93 Å². The van der Waals surface area contributed by atoms with E-state index < -0.39 is 0 Å². The lowest BCUT2D eigenvalue weighted by Crippen LogP contribution is -2.36. The number of ether oxygens (including phenoxy) is 1. The smallest absolute Gasteiger partial charge is 0.207 e. The molecule has 0 unspecified atom stereocenters. The van der Waals surface area contributed by atoms with E-state index in [1.54, 1.807) is 0 Å². The first-order valence-corrected chi connectivity index (χ1v) is 10.6. The van der Waals surface area contributed by atoms with Gasteiger partial charge in [-0.15, -0.1) is 22.1 Å². The Kier molecular flexibility index (Phi) is 12.5. The van der Waals surface area contributed by atoms with E-state index in [0.717, 1.165) is 44.4 Å². The summed E-state index contributed by atoms with van der Waals surface area (Å²) < 4.78 is 7.25. The molecular weight excluding hydrogens is 400 g/mol. The molecule has 0 aliphatic carbocycles. The topological polar surface area (TPSA) is 54.1 Å². The minimum atomic E-state index is 0. The van der Waals surface area contributed by atoms with Gasteiger partial charge in [-0.2, -0.15) is 0 Å². The fourth-order valence-electron chi connectivity index (χ4n) is 3.09. The zero-order valence-corrected chi connectivity index (χ0v) is 18.2. The molecule has 0 bridgehead atoms. The van der Waals surface area contributed by atoms with Crippen molar-refractivity contribution in [1.82, 2.24) is 9.78 Å². The molecule has 1 N–H and O–H groups in total. The van der Waals surface area contributed by atoms with Gasteiger partial charge in [0.25, 0.3) is 0 Å². The van der Waals surface area contributed by atoms with Gasteiger partial charge in [0.1, 0.15) is 0 Å². The molecule has 0 amide bonds. The van der Waals surface area contributed by atoms with Crippen molar-refractivity contribution in [3.63, 3.8) is 0 Å². The van der Waals surface area contributed by atoms with Crippen molar-refractivity contribution < 1.29 is 4.74 Å². The van der Waals surface area contributed by atoms with Crippen LogP contribution in [0.2, 0.25) is 0 Å². The molecule has 5 nitrogen and oxygen atoms in total. The number of aryl methyl sites for hydroxylation is 1. The molecule has 1 fully saturated rings. The first-order chi connectivity index (χ1) is 11.8. The van der Waals surface area contributed by atoms with Gasteiger partial charge < -0.3 is 9.64 Å². The van der Waals surface area contributed by atoms with Crippen molar-refractivity contribution >= 4 is 33.4 Å². The summed E-state index contributed by atoms with van der Waals surface area (Å²) >= 11 is 1.49. The minimum Gasteiger partial charge on any atom is -0.378 e. The quantitative estimate of drug-likeness (QED) is 0.482. The molecule has 0 atom stereocenters. The standard InChI is InChI=1S/C18H34N4OS.BrH/c1-2-3-4-5-6-7-8-9-10-11-12-22-17(19)24-18(20-22)21-13-15-23-16-14-21;/h19H,2-16H2,1H3;1H. The lowest BCUT2D eigenvalue weighted by atomic mass is 10.1. The minimum absolute atomic E-state index is 0. The van der Waals surface area contributed by atoms with Gasteiger partial charge in [0, 0.05) is 19.6 Å². The summed E-state index contributed by atoms with van der Waals surface area (Å²) in [4.78, 5) is 2.81. The Morgan fingerprint density at radius 2 is 1.52 bits per heavy atom. The summed E-state index contributed by atoms with van der Waals surface area (Å²) in [6.07, 6.45) is 13.4. The van der Waals surface area contributed by atoms with Crippen LogP contribution in [0.25, 0.3) is 0 Å². The Bertz CT molecular complexity index is 500. The molecule has 1 aromatic heterocycles. The molecule has 146 valence electrons. The van der Waals surface area contributed by atoms with Crippen molar-refractivity contribution in [2.24, 2.45) is 0 Å². The van der Waals surface area contributed by atoms with Gasteiger partial charge in [-0.1, -0.05) is 76.0 Å². The van der Waals surface area contributed by atoms with Crippen LogP contribution in [0.15, 0.2) is 0 Å². The number of unbranched alkanes of at least 4 members (excludes halogenated alkanes) is 9. The van der Waals surface area contributed by atoms with E-state index in [-0.39, 0.29) is 17.0 Å². The van der Waals surface area contributed by atoms with Crippen LogP contribution in [-0.2, 0) is 11.3 Å². The Morgan fingerprint density at radius 3 is 2.12 bits per heavy atom. The van der Waals surface area contributed by atoms with Crippen molar-refractivity contribution in [2.45, 2.75) is 77.7 Å². The zero-order chi connectivity index (χ0) is 17.0. The first kappa shape index (κ1) is 22.6. The number of morpholine rings is 1. The Balaban J connectivity index is 0.00000312. The maximum Gasteiger partial charge on any atom is 0.207 e. The maximum absolute atomic E-state index is 8.10. The highest BCUT2D eigenvalue weighted by Crippen LogP contribution is 2.16. The van der Waals surface area contributed by atoms with Crippen LogP contribution in [0.5, 0.6) is 0 Å². The van der Waals surface area contributed by atoms with E-state index in [2.05, 4.69) is 16.9 Å². The number of aromatic nitrogens is 2. The van der Waals surface area contributed by atoms with Crippen LogP contribution in [0, 0.1) is 5.41 Å². The number of rotatable bonds is 12. The highest BCUT2D eigenvalue weighted by molar-refractivity contribution is 8.93. The maximum atomic E-state index is 8.10. The fraction of sp³-hybridized carbons (Fsp3) is 0.889. The number of nitrogens with one attached hydrogen (secondary N) is 1. The van der Waals surface area contributed by atoms with Crippen molar-refractivity contribution in [1.29, 1.82) is 5.41 Å². The van der Waals surface area contributed by atoms with Crippen molar-refractivity contribution in [2.75, 3.05) is 31.2 Å². The summed E-state index contributed by atoms with van der Waals surface area (Å²) in [6.45, 7) is 6.48. The van der Waals surface area contributed by atoms with Crippen molar-refractivity contribution in [3.8, 4) is 0 Å². The number of anilines is 1. The lowest BCUT2D eigenvalue weighted by molar-refractivity contribution is 0.122. The molecule has 1 aromatic rings. The molecule has 1 aliphatic rings. The van der Waals surface area contributed by atoms with Crippen LogP contribution in [-0.4, -0.2) is 36.1 Å². The second-order valence-electron chi connectivity index (χ2n) is 6.69. The zero-order valence-electron chi connectivity index (χ0n) is 15.7. The fourth-order valence-corrected chi connectivity index (χ4v) is 3.95. The predicted octanol–water partition coefficient (Wildman–Crippen LogP) is 4.76. The highest BCUT2D eigenvalue weighted by Gasteiger charge is 2.15. The predicted molar refractivity (Wildman–Crippen MR) is 111 cm³/mol. The first-order valence-electron chi connectivity index (χ1n) is 9.76. The normalized spacial score (nSPS) is 14.5. The molecule has 2 heterocycles. The second-order valence-corrected chi connectivity index (χ2v) is 7.65. The largest absolute Gasteiger partial charge is 0.378 e. The van der Waals surface area contributed by atoms with Crippen LogP contribution in [0.1, 0.15) is 71.1 Å². The molecule has 0 spiro atoms. The van der Waals surface area contributed by atoms with Gasteiger partial charge in [0.05, 0.1) is 13.2 Å². The summed E-state index contributed by atoms with van der Waals surface area (Å²) in [5.74, 6) is 0. The van der Waals surface area contributed by atoms with E-state index in [0.29, 0.717) is 4.80 Å². The monoisotopic (exact) mass is 434 g/mol. The van der Waals surface area contributed by atoms with Crippen LogP contribution >= 0.6 is 28.3 Å². The number of halogens is 1. The summed E-state index contributed by atoms with van der Waals surface area (Å²) in [7, 11) is 0. The average Bonchev–Trinajstić information content (AvgIpc) is 2.98. The Morgan fingerprint density at radius 1 is 0.960 bits per heavy atom. The van der Waals surface area contributed by atoms with E-state index >= 15 is 0 Å². The number of hydrogen-bond acceptors (Lipinski definition) is 5. The number of nitrogens with zero attached hydrogens (tertiary/aromatic N) is 3. The summed E-state index contributed by atoms with van der Waals surface area (Å²) in [5.41, 5.74) is 0. The molecule has 1 aliphatic heterocycles. The van der Waals surface area contributed by atoms with Gasteiger partial charge in [-0.3, -0.25) is 5.41 Å². The highest BCUT2D eigenvalue weighted by atomic mass is 79.9. The van der Waals surface area contributed by atoms with Crippen LogP contribution in [0.4, 0.5) is 5.13 Å². The van der Waals surface area contributed by atoms with Gasteiger partial charge in [0.15, 0.2) is 0 Å². The van der Waals surface area contributed by atoms with E-state index in [4.69, 9.17) is 10.1 Å². The summed E-state index contributed by atoms with van der Waals surface area (Å²) in [6, 6.07) is 0. The third-order valence-corrected chi connectivity index (χ3v) is 5.56. The molecular formula is C18H35BrN4OS. The molecule has 0 radical (unpaired) electrons. The van der Waals surface area contributed by atoms with E-state index in [1.165, 1.54) is 69.1 Å². The Labute approximate surface area is 167 Å².